The molecular formula is C15H10Cl2O3S. The van der Waals surface area contributed by atoms with Crippen molar-refractivity contribution in [3.63, 3.8) is 0 Å². The van der Waals surface area contributed by atoms with Crippen LogP contribution in [0.3, 0.4) is 0 Å². The molecule has 2 aromatic carbocycles. The Hall–Kier alpha value is -1.36. The van der Waals surface area contributed by atoms with Crippen molar-refractivity contribution in [2.45, 2.75) is 4.90 Å². The third-order valence-corrected chi connectivity index (χ3v) is 4.95. The molecule has 0 saturated carbocycles. The monoisotopic (exact) mass is 340 g/mol. The number of hydrogen-bond acceptors (Lipinski definition) is 4. The van der Waals surface area contributed by atoms with Crippen LogP contribution in [0.25, 0.3) is 0 Å². The van der Waals surface area contributed by atoms with Gasteiger partial charge in [-0.25, -0.2) is 0 Å². The quantitative estimate of drug-likeness (QED) is 0.597. The Morgan fingerprint density at radius 2 is 1.81 bits per heavy atom. The fraction of sp³-hybridized carbons (Fsp3) is 0.133. The van der Waals surface area contributed by atoms with Gasteiger partial charge in [0.1, 0.15) is 0 Å². The van der Waals surface area contributed by atoms with Crippen molar-refractivity contribution in [1.82, 2.24) is 0 Å². The number of thioether (sulfide) groups is 1. The van der Waals surface area contributed by atoms with Gasteiger partial charge in [0, 0.05) is 10.5 Å². The highest BCUT2D eigenvalue weighted by atomic mass is 35.5. The van der Waals surface area contributed by atoms with E-state index in [4.69, 9.17) is 32.7 Å². The number of hydrogen-bond donors (Lipinski definition) is 0. The summed E-state index contributed by atoms with van der Waals surface area (Å²) in [6.07, 6.45) is 0. The first kappa shape index (κ1) is 14.6. The van der Waals surface area contributed by atoms with Gasteiger partial charge < -0.3 is 9.47 Å². The Kier molecular flexibility index (Phi) is 4.29. The van der Waals surface area contributed by atoms with Crippen molar-refractivity contribution in [2.75, 3.05) is 12.5 Å². The fourth-order valence-electron chi connectivity index (χ4n) is 1.91. The molecule has 0 spiro atoms. The molecule has 0 fully saturated rings. The zero-order valence-corrected chi connectivity index (χ0v) is 13.1. The average molecular weight is 341 g/mol. The number of carbonyl (C=O) groups is 1. The Morgan fingerprint density at radius 3 is 2.57 bits per heavy atom. The lowest BCUT2D eigenvalue weighted by molar-refractivity contribution is 0.102. The summed E-state index contributed by atoms with van der Waals surface area (Å²) in [5.41, 5.74) is 0.579. The highest BCUT2D eigenvalue weighted by Gasteiger charge is 2.17. The molecule has 1 aliphatic heterocycles. The number of fused-ring (bicyclic) bond motifs is 1. The lowest BCUT2D eigenvalue weighted by Crippen LogP contribution is -2.02. The van der Waals surface area contributed by atoms with Gasteiger partial charge in [-0.05, 0) is 30.3 Å². The largest absolute Gasteiger partial charge is 0.454 e. The standard InChI is InChI=1S/C15H10Cl2O3S/c16-10-2-1-3-11(17)15(10)21-7-12(18)9-4-5-13-14(6-9)20-8-19-13/h1-6H,7-8H2. The number of carbonyl (C=O) groups excluding carboxylic acids is 1. The van der Waals surface area contributed by atoms with E-state index >= 15 is 0 Å². The van der Waals surface area contributed by atoms with Gasteiger partial charge in [0.05, 0.1) is 15.8 Å². The zero-order chi connectivity index (χ0) is 14.8. The molecule has 3 nitrogen and oxygen atoms in total. The summed E-state index contributed by atoms with van der Waals surface area (Å²) < 4.78 is 10.5. The van der Waals surface area contributed by atoms with E-state index in [1.54, 1.807) is 36.4 Å². The highest BCUT2D eigenvalue weighted by Crippen LogP contribution is 2.35. The second-order valence-corrected chi connectivity index (χ2v) is 6.13. The third-order valence-electron chi connectivity index (χ3n) is 2.96. The molecule has 0 N–H and O–H groups in total. The van der Waals surface area contributed by atoms with Crippen molar-refractivity contribution in [3.8, 4) is 11.5 Å². The highest BCUT2D eigenvalue weighted by molar-refractivity contribution is 8.00. The molecule has 21 heavy (non-hydrogen) atoms. The van der Waals surface area contributed by atoms with Gasteiger partial charge in [0.2, 0.25) is 6.79 Å². The summed E-state index contributed by atoms with van der Waals surface area (Å²) in [6, 6.07) is 10.4. The van der Waals surface area contributed by atoms with Crippen LogP contribution in [0.2, 0.25) is 10.0 Å². The Bertz CT molecular complexity index is 683. The second kappa shape index (κ2) is 6.18. The lowest BCUT2D eigenvalue weighted by Gasteiger charge is -2.06. The van der Waals surface area contributed by atoms with E-state index in [0.29, 0.717) is 27.1 Å². The van der Waals surface area contributed by atoms with Crippen molar-refractivity contribution in [1.29, 1.82) is 0 Å². The molecule has 0 aliphatic carbocycles. The minimum Gasteiger partial charge on any atom is -0.454 e. The maximum Gasteiger partial charge on any atom is 0.231 e. The number of halogens is 2. The van der Waals surface area contributed by atoms with E-state index in [-0.39, 0.29) is 18.3 Å². The molecule has 0 amide bonds. The molecule has 0 aromatic heterocycles. The summed E-state index contributed by atoms with van der Waals surface area (Å²) in [6.45, 7) is 0.191. The minimum absolute atomic E-state index is 0.0192. The number of benzene rings is 2. The first-order valence-electron chi connectivity index (χ1n) is 6.15. The molecule has 2 aromatic rings. The van der Waals surface area contributed by atoms with Gasteiger partial charge in [0.25, 0.3) is 0 Å². The molecule has 0 bridgehead atoms. The number of ether oxygens (including phenoxy) is 2. The summed E-state index contributed by atoms with van der Waals surface area (Å²) in [7, 11) is 0. The summed E-state index contributed by atoms with van der Waals surface area (Å²) in [4.78, 5) is 13.0. The summed E-state index contributed by atoms with van der Waals surface area (Å²) in [5.74, 6) is 1.49. The van der Waals surface area contributed by atoms with E-state index in [1.165, 1.54) is 11.8 Å². The predicted octanol–water partition coefficient (Wildman–Crippen LogP) is 4.70. The van der Waals surface area contributed by atoms with E-state index in [1.807, 2.05) is 0 Å². The van der Waals surface area contributed by atoms with Gasteiger partial charge in [0.15, 0.2) is 17.3 Å². The lowest BCUT2D eigenvalue weighted by atomic mass is 10.1. The van der Waals surface area contributed by atoms with Crippen LogP contribution in [0.5, 0.6) is 11.5 Å². The van der Waals surface area contributed by atoms with Crippen molar-refractivity contribution in [2.24, 2.45) is 0 Å². The van der Waals surface area contributed by atoms with Gasteiger partial charge in [-0.15, -0.1) is 11.8 Å². The molecule has 0 atom stereocenters. The zero-order valence-electron chi connectivity index (χ0n) is 10.8. The molecular weight excluding hydrogens is 331 g/mol. The molecule has 0 radical (unpaired) electrons. The van der Waals surface area contributed by atoms with Gasteiger partial charge in [-0.3, -0.25) is 4.79 Å². The molecule has 3 rings (SSSR count). The Morgan fingerprint density at radius 1 is 1.10 bits per heavy atom. The molecule has 1 heterocycles. The number of rotatable bonds is 4. The average Bonchev–Trinajstić information content (AvgIpc) is 2.93. The molecule has 1 aliphatic rings. The molecule has 0 saturated heterocycles. The number of ketones is 1. The van der Waals surface area contributed by atoms with Crippen LogP contribution in [0.15, 0.2) is 41.3 Å². The number of Topliss-reactive ketones (excluding diaryl/α,β-unsaturated/α-hetero) is 1. The molecule has 0 unspecified atom stereocenters. The van der Waals surface area contributed by atoms with Crippen LogP contribution < -0.4 is 9.47 Å². The Labute approximate surface area is 136 Å². The maximum atomic E-state index is 12.2. The Balaban J connectivity index is 1.72. The minimum atomic E-state index is -0.0192. The fourth-order valence-corrected chi connectivity index (χ4v) is 3.49. The van der Waals surface area contributed by atoms with Crippen LogP contribution >= 0.6 is 35.0 Å². The van der Waals surface area contributed by atoms with E-state index in [0.717, 1.165) is 4.90 Å². The van der Waals surface area contributed by atoms with Crippen molar-refractivity contribution < 1.29 is 14.3 Å². The first-order chi connectivity index (χ1) is 10.1. The van der Waals surface area contributed by atoms with Crippen LogP contribution in [-0.2, 0) is 0 Å². The van der Waals surface area contributed by atoms with Crippen LogP contribution in [0, 0.1) is 0 Å². The van der Waals surface area contributed by atoms with Crippen LogP contribution in [0.4, 0.5) is 0 Å². The SMILES string of the molecule is O=C(CSc1c(Cl)cccc1Cl)c1ccc2c(c1)OCO2. The van der Waals surface area contributed by atoms with Crippen LogP contribution in [0.1, 0.15) is 10.4 Å². The summed E-state index contributed by atoms with van der Waals surface area (Å²) in [5, 5.41) is 1.09. The van der Waals surface area contributed by atoms with Crippen molar-refractivity contribution in [3.05, 3.63) is 52.0 Å². The third kappa shape index (κ3) is 3.12. The predicted molar refractivity (Wildman–Crippen MR) is 84.1 cm³/mol. The van der Waals surface area contributed by atoms with Crippen molar-refractivity contribution >= 4 is 40.7 Å². The van der Waals surface area contributed by atoms with E-state index in [9.17, 15) is 4.79 Å². The molecule has 108 valence electrons. The van der Waals surface area contributed by atoms with Crippen LogP contribution in [-0.4, -0.2) is 18.3 Å². The second-order valence-electron chi connectivity index (χ2n) is 4.33. The maximum absolute atomic E-state index is 12.2. The topological polar surface area (TPSA) is 35.5 Å². The first-order valence-corrected chi connectivity index (χ1v) is 7.89. The van der Waals surface area contributed by atoms with Gasteiger partial charge in [-0.2, -0.15) is 0 Å². The smallest absolute Gasteiger partial charge is 0.231 e. The normalized spacial score (nSPS) is 12.5. The van der Waals surface area contributed by atoms with Gasteiger partial charge >= 0.3 is 0 Å². The molecule has 6 heteroatoms. The summed E-state index contributed by atoms with van der Waals surface area (Å²) >= 11 is 13.5. The van der Waals surface area contributed by atoms with E-state index < -0.39 is 0 Å². The van der Waals surface area contributed by atoms with Gasteiger partial charge in [-0.1, -0.05) is 29.3 Å². The van der Waals surface area contributed by atoms with E-state index in [2.05, 4.69) is 0 Å².